The van der Waals surface area contributed by atoms with Crippen LogP contribution in [-0.4, -0.2) is 40.5 Å². The highest BCUT2D eigenvalue weighted by Crippen LogP contribution is 2.18. The molecule has 0 aromatic rings. The van der Waals surface area contributed by atoms with Crippen LogP contribution in [0.25, 0.3) is 0 Å². The molecule has 0 aromatic heterocycles. The lowest BCUT2D eigenvalue weighted by Gasteiger charge is -2.24. The fourth-order valence-corrected chi connectivity index (χ4v) is 1.93. The van der Waals surface area contributed by atoms with Gasteiger partial charge < -0.3 is 15.7 Å². The monoisotopic (exact) mass is 214 g/mol. The van der Waals surface area contributed by atoms with Gasteiger partial charge in [-0.05, 0) is 19.3 Å². The molecule has 0 unspecified atom stereocenters. The molecule has 86 valence electrons. The van der Waals surface area contributed by atoms with Gasteiger partial charge in [-0.25, -0.2) is 4.79 Å². The largest absolute Gasteiger partial charge is 0.480 e. The summed E-state index contributed by atoms with van der Waals surface area (Å²) in [6.07, 6.45) is 2.74. The molecule has 0 radical (unpaired) electrons. The van der Waals surface area contributed by atoms with Crippen molar-refractivity contribution in [1.82, 2.24) is 4.90 Å². The highest BCUT2D eigenvalue weighted by Gasteiger charge is 2.35. The number of carboxylic acids is 1. The van der Waals surface area contributed by atoms with E-state index in [4.69, 9.17) is 10.8 Å². The molecule has 0 aliphatic carbocycles. The normalized spacial score (nSPS) is 22.8. The Morgan fingerprint density at radius 1 is 1.60 bits per heavy atom. The fourth-order valence-electron chi connectivity index (χ4n) is 1.93. The maximum atomic E-state index is 11.8. The topological polar surface area (TPSA) is 83.6 Å². The summed E-state index contributed by atoms with van der Waals surface area (Å²) in [4.78, 5) is 24.1. The van der Waals surface area contributed by atoms with Gasteiger partial charge in [-0.1, -0.05) is 13.3 Å². The Balaban J connectivity index is 2.62. The summed E-state index contributed by atoms with van der Waals surface area (Å²) < 4.78 is 0. The van der Waals surface area contributed by atoms with Crippen LogP contribution in [0, 0.1) is 0 Å². The molecule has 1 saturated heterocycles. The van der Waals surface area contributed by atoms with Crippen LogP contribution in [-0.2, 0) is 9.59 Å². The maximum Gasteiger partial charge on any atom is 0.326 e. The van der Waals surface area contributed by atoms with Crippen molar-refractivity contribution >= 4 is 11.9 Å². The van der Waals surface area contributed by atoms with Gasteiger partial charge in [0.05, 0.1) is 6.04 Å². The van der Waals surface area contributed by atoms with Gasteiger partial charge in [0, 0.05) is 6.54 Å². The van der Waals surface area contributed by atoms with E-state index >= 15 is 0 Å². The predicted molar refractivity (Wildman–Crippen MR) is 55.3 cm³/mol. The van der Waals surface area contributed by atoms with Gasteiger partial charge in [-0.2, -0.15) is 0 Å². The summed E-state index contributed by atoms with van der Waals surface area (Å²) in [5, 5.41) is 8.91. The molecule has 0 spiro atoms. The van der Waals surface area contributed by atoms with Crippen molar-refractivity contribution in [1.29, 1.82) is 0 Å². The molecule has 5 nitrogen and oxygen atoms in total. The SMILES string of the molecule is CCC[C@@H](N)C(=O)N1CCC[C@@H]1C(=O)O. The van der Waals surface area contributed by atoms with E-state index < -0.39 is 18.1 Å². The molecule has 1 aliphatic rings. The molecule has 0 bridgehead atoms. The molecule has 1 amide bonds. The first-order valence-electron chi connectivity index (χ1n) is 5.36. The van der Waals surface area contributed by atoms with Crippen molar-refractivity contribution < 1.29 is 14.7 Å². The van der Waals surface area contributed by atoms with Gasteiger partial charge in [0.15, 0.2) is 0 Å². The van der Waals surface area contributed by atoms with Crippen LogP contribution in [0.5, 0.6) is 0 Å². The fraction of sp³-hybridized carbons (Fsp3) is 0.800. The highest BCUT2D eigenvalue weighted by molar-refractivity contribution is 5.87. The molecule has 1 fully saturated rings. The van der Waals surface area contributed by atoms with Crippen molar-refractivity contribution in [2.45, 2.75) is 44.7 Å². The molecule has 15 heavy (non-hydrogen) atoms. The Morgan fingerprint density at radius 2 is 2.27 bits per heavy atom. The lowest BCUT2D eigenvalue weighted by Crippen LogP contribution is -2.48. The highest BCUT2D eigenvalue weighted by atomic mass is 16.4. The number of nitrogens with two attached hydrogens (primary N) is 1. The third kappa shape index (κ3) is 2.68. The van der Waals surface area contributed by atoms with Crippen LogP contribution in [0.15, 0.2) is 0 Å². The molecule has 1 aliphatic heterocycles. The summed E-state index contributed by atoms with van der Waals surface area (Å²) in [6.45, 7) is 2.47. The second-order valence-corrected chi connectivity index (χ2v) is 3.92. The quantitative estimate of drug-likeness (QED) is 0.699. The molecule has 2 atom stereocenters. The minimum atomic E-state index is -0.926. The number of carbonyl (C=O) groups excluding carboxylic acids is 1. The third-order valence-electron chi connectivity index (χ3n) is 2.74. The second kappa shape index (κ2) is 5.11. The number of nitrogens with zero attached hydrogens (tertiary/aromatic N) is 1. The Bertz CT molecular complexity index is 255. The molecular formula is C10H18N2O3. The van der Waals surface area contributed by atoms with Crippen LogP contribution < -0.4 is 5.73 Å². The van der Waals surface area contributed by atoms with E-state index in [0.29, 0.717) is 19.4 Å². The average molecular weight is 214 g/mol. The summed E-state index contributed by atoms with van der Waals surface area (Å²) in [7, 11) is 0. The van der Waals surface area contributed by atoms with Crippen LogP contribution in [0.2, 0.25) is 0 Å². The number of aliphatic carboxylic acids is 1. The lowest BCUT2D eigenvalue weighted by molar-refractivity contribution is -0.148. The molecular weight excluding hydrogens is 196 g/mol. The number of likely N-dealkylation sites (tertiary alicyclic amines) is 1. The number of rotatable bonds is 4. The molecule has 3 N–H and O–H groups in total. The van der Waals surface area contributed by atoms with Crippen LogP contribution in [0.3, 0.4) is 0 Å². The Labute approximate surface area is 89.2 Å². The average Bonchev–Trinajstić information content (AvgIpc) is 2.65. The molecule has 0 aromatic carbocycles. The first-order chi connectivity index (χ1) is 7.07. The Hall–Kier alpha value is -1.10. The number of carboxylic acid groups (broad SMARTS) is 1. The van der Waals surface area contributed by atoms with E-state index in [0.717, 1.165) is 12.8 Å². The van der Waals surface area contributed by atoms with E-state index in [1.807, 2.05) is 6.92 Å². The van der Waals surface area contributed by atoms with E-state index in [1.165, 1.54) is 4.90 Å². The summed E-state index contributed by atoms with van der Waals surface area (Å²) in [5.41, 5.74) is 5.69. The van der Waals surface area contributed by atoms with Gasteiger partial charge in [0.2, 0.25) is 5.91 Å². The maximum absolute atomic E-state index is 11.8. The first kappa shape index (κ1) is 12.0. The minimum absolute atomic E-state index is 0.221. The van der Waals surface area contributed by atoms with Crippen LogP contribution in [0.4, 0.5) is 0 Å². The van der Waals surface area contributed by atoms with E-state index in [1.54, 1.807) is 0 Å². The minimum Gasteiger partial charge on any atom is -0.480 e. The summed E-state index contributed by atoms with van der Waals surface area (Å²) in [6, 6.07) is -1.21. The van der Waals surface area contributed by atoms with E-state index in [9.17, 15) is 9.59 Å². The van der Waals surface area contributed by atoms with Crippen molar-refractivity contribution in [3.05, 3.63) is 0 Å². The van der Waals surface area contributed by atoms with Crippen molar-refractivity contribution in [3.63, 3.8) is 0 Å². The smallest absolute Gasteiger partial charge is 0.326 e. The van der Waals surface area contributed by atoms with Crippen LogP contribution >= 0.6 is 0 Å². The summed E-state index contributed by atoms with van der Waals surface area (Å²) >= 11 is 0. The van der Waals surface area contributed by atoms with E-state index in [-0.39, 0.29) is 5.91 Å². The zero-order valence-electron chi connectivity index (χ0n) is 8.98. The lowest BCUT2D eigenvalue weighted by atomic mass is 10.1. The standard InChI is InChI=1S/C10H18N2O3/c1-2-4-7(11)9(13)12-6-3-5-8(12)10(14)15/h7-8H,2-6,11H2,1H3,(H,14,15)/t7-,8-/m1/s1. The van der Waals surface area contributed by atoms with Gasteiger partial charge in [-0.3, -0.25) is 4.79 Å². The molecule has 0 saturated carbocycles. The third-order valence-corrected chi connectivity index (χ3v) is 2.74. The van der Waals surface area contributed by atoms with Gasteiger partial charge in [0.1, 0.15) is 6.04 Å². The Morgan fingerprint density at radius 3 is 2.80 bits per heavy atom. The first-order valence-corrected chi connectivity index (χ1v) is 5.36. The van der Waals surface area contributed by atoms with Crippen molar-refractivity contribution in [2.75, 3.05) is 6.54 Å². The molecule has 5 heteroatoms. The number of amides is 1. The van der Waals surface area contributed by atoms with Gasteiger partial charge in [0.25, 0.3) is 0 Å². The predicted octanol–water partition coefficient (Wildman–Crippen LogP) is 0.189. The zero-order chi connectivity index (χ0) is 11.4. The number of carbonyl (C=O) groups is 2. The van der Waals surface area contributed by atoms with Gasteiger partial charge >= 0.3 is 5.97 Å². The second-order valence-electron chi connectivity index (χ2n) is 3.92. The molecule has 1 heterocycles. The summed E-state index contributed by atoms with van der Waals surface area (Å²) in [5.74, 6) is -1.15. The van der Waals surface area contributed by atoms with Crippen molar-refractivity contribution in [3.8, 4) is 0 Å². The molecule has 1 rings (SSSR count). The Kier molecular flexibility index (Phi) is 4.08. The van der Waals surface area contributed by atoms with Crippen molar-refractivity contribution in [2.24, 2.45) is 5.73 Å². The van der Waals surface area contributed by atoms with E-state index in [2.05, 4.69) is 0 Å². The van der Waals surface area contributed by atoms with Gasteiger partial charge in [-0.15, -0.1) is 0 Å². The number of hydrogen-bond donors (Lipinski definition) is 2. The van der Waals surface area contributed by atoms with Crippen LogP contribution in [0.1, 0.15) is 32.6 Å². The number of hydrogen-bond acceptors (Lipinski definition) is 3. The zero-order valence-corrected chi connectivity index (χ0v) is 8.98.